The number of hydrogen-bond acceptors (Lipinski definition) is 3. The topological polar surface area (TPSA) is 64.3 Å². The second-order valence-electron chi connectivity index (χ2n) is 5.45. The van der Waals surface area contributed by atoms with Crippen LogP contribution < -0.4 is 11.1 Å². The molecule has 0 rings (SSSR count). The molecule has 0 spiro atoms. The first-order valence-electron chi connectivity index (χ1n) is 5.87. The first-order chi connectivity index (χ1) is 7.23. The van der Waals surface area contributed by atoms with Crippen LogP contribution in [-0.4, -0.2) is 31.2 Å². The van der Waals surface area contributed by atoms with E-state index in [2.05, 4.69) is 5.32 Å². The van der Waals surface area contributed by atoms with Gasteiger partial charge in [-0.2, -0.15) is 0 Å². The van der Waals surface area contributed by atoms with E-state index < -0.39 is 0 Å². The smallest absolute Gasteiger partial charge is 0.221 e. The molecule has 1 unspecified atom stereocenters. The van der Waals surface area contributed by atoms with Gasteiger partial charge in [-0.15, -0.1) is 0 Å². The number of carbonyl (C=O) groups excluding carboxylic acids is 1. The summed E-state index contributed by atoms with van der Waals surface area (Å²) < 4.78 is 5.32. The highest BCUT2D eigenvalue weighted by Gasteiger charge is 2.22. The summed E-state index contributed by atoms with van der Waals surface area (Å²) in [5.74, 6) is -0.00483. The molecule has 0 aromatic heterocycles. The minimum absolute atomic E-state index is 0.00483. The van der Waals surface area contributed by atoms with E-state index in [4.69, 9.17) is 10.5 Å². The fraction of sp³-hybridized carbons (Fsp3) is 0.917. The summed E-state index contributed by atoms with van der Waals surface area (Å²) in [6.45, 7) is 11.1. The minimum atomic E-state index is -0.112. The Labute approximate surface area is 98.9 Å². The van der Waals surface area contributed by atoms with Crippen LogP contribution in [0.1, 0.15) is 41.0 Å². The molecule has 0 aliphatic carbocycles. The zero-order valence-corrected chi connectivity index (χ0v) is 11.2. The Bertz CT molecular complexity index is 210. The molecule has 0 bridgehead atoms. The molecular weight excluding hydrogens is 204 g/mol. The van der Waals surface area contributed by atoms with Crippen molar-refractivity contribution in [3.8, 4) is 0 Å². The first-order valence-corrected chi connectivity index (χ1v) is 5.87. The number of rotatable bonds is 6. The van der Waals surface area contributed by atoms with Gasteiger partial charge in [-0.1, -0.05) is 20.8 Å². The van der Waals surface area contributed by atoms with Crippen molar-refractivity contribution >= 4 is 5.91 Å². The van der Waals surface area contributed by atoms with Crippen molar-refractivity contribution in [1.29, 1.82) is 0 Å². The lowest BCUT2D eigenvalue weighted by atomic mass is 9.85. The summed E-state index contributed by atoms with van der Waals surface area (Å²) >= 11 is 0. The lowest BCUT2D eigenvalue weighted by molar-refractivity contribution is -0.122. The van der Waals surface area contributed by atoms with Gasteiger partial charge in [0.05, 0.1) is 12.7 Å². The Morgan fingerprint density at radius 2 is 1.94 bits per heavy atom. The molecule has 0 aromatic rings. The Hall–Kier alpha value is -0.610. The van der Waals surface area contributed by atoms with Crippen LogP contribution in [0.15, 0.2) is 0 Å². The van der Waals surface area contributed by atoms with Crippen molar-refractivity contribution in [3.63, 3.8) is 0 Å². The largest absolute Gasteiger partial charge is 0.377 e. The molecule has 0 heterocycles. The molecule has 4 nitrogen and oxygen atoms in total. The highest BCUT2D eigenvalue weighted by atomic mass is 16.5. The van der Waals surface area contributed by atoms with Gasteiger partial charge in [-0.05, 0) is 19.3 Å². The lowest BCUT2D eigenvalue weighted by Gasteiger charge is -2.26. The van der Waals surface area contributed by atoms with Crippen LogP contribution in [0, 0.1) is 5.41 Å². The standard InChI is InChI=1S/C12H26N2O2/c1-9(2)16-7-6-14-11(15)8-10(13)12(3,4)5/h9-10H,6-8,13H2,1-5H3,(H,14,15). The SMILES string of the molecule is CC(C)OCCNC(=O)CC(N)C(C)(C)C. The summed E-state index contributed by atoms with van der Waals surface area (Å²) in [5, 5.41) is 2.80. The summed E-state index contributed by atoms with van der Waals surface area (Å²) in [6, 6.07) is -0.112. The molecule has 0 saturated carbocycles. The quantitative estimate of drug-likeness (QED) is 0.676. The van der Waals surface area contributed by atoms with Crippen LogP contribution in [0.3, 0.4) is 0 Å². The third kappa shape index (κ3) is 7.65. The second-order valence-corrected chi connectivity index (χ2v) is 5.45. The third-order valence-electron chi connectivity index (χ3n) is 2.39. The van der Waals surface area contributed by atoms with Gasteiger partial charge >= 0.3 is 0 Å². The van der Waals surface area contributed by atoms with Gasteiger partial charge in [-0.25, -0.2) is 0 Å². The number of hydrogen-bond donors (Lipinski definition) is 2. The maximum Gasteiger partial charge on any atom is 0.221 e. The Kier molecular flexibility index (Phi) is 6.60. The maximum atomic E-state index is 11.5. The minimum Gasteiger partial charge on any atom is -0.377 e. The third-order valence-corrected chi connectivity index (χ3v) is 2.39. The van der Waals surface area contributed by atoms with Gasteiger partial charge in [0.2, 0.25) is 5.91 Å². The van der Waals surface area contributed by atoms with E-state index in [0.29, 0.717) is 19.6 Å². The number of nitrogens with one attached hydrogen (secondary N) is 1. The van der Waals surface area contributed by atoms with Crippen LogP contribution in [0.25, 0.3) is 0 Å². The highest BCUT2D eigenvalue weighted by Crippen LogP contribution is 2.19. The Morgan fingerprint density at radius 1 is 1.38 bits per heavy atom. The van der Waals surface area contributed by atoms with E-state index in [9.17, 15) is 4.79 Å². The van der Waals surface area contributed by atoms with Crippen molar-refractivity contribution < 1.29 is 9.53 Å². The molecule has 0 saturated heterocycles. The number of ether oxygens (including phenoxy) is 1. The van der Waals surface area contributed by atoms with Crippen molar-refractivity contribution in [2.75, 3.05) is 13.2 Å². The van der Waals surface area contributed by atoms with E-state index >= 15 is 0 Å². The van der Waals surface area contributed by atoms with Gasteiger partial charge in [0.25, 0.3) is 0 Å². The van der Waals surface area contributed by atoms with Crippen molar-refractivity contribution in [3.05, 3.63) is 0 Å². The van der Waals surface area contributed by atoms with Crippen molar-refractivity contribution in [2.45, 2.75) is 53.2 Å². The van der Waals surface area contributed by atoms with Crippen LogP contribution in [0.5, 0.6) is 0 Å². The molecular formula is C12H26N2O2. The Balaban J connectivity index is 3.67. The zero-order chi connectivity index (χ0) is 12.8. The molecule has 4 heteroatoms. The lowest BCUT2D eigenvalue weighted by Crippen LogP contribution is -2.40. The van der Waals surface area contributed by atoms with Gasteiger partial charge in [-0.3, -0.25) is 4.79 Å². The monoisotopic (exact) mass is 230 g/mol. The van der Waals surface area contributed by atoms with Crippen molar-refractivity contribution in [2.24, 2.45) is 11.1 Å². The molecule has 1 amide bonds. The van der Waals surface area contributed by atoms with Crippen molar-refractivity contribution in [1.82, 2.24) is 5.32 Å². The zero-order valence-electron chi connectivity index (χ0n) is 11.2. The van der Waals surface area contributed by atoms with Gasteiger partial charge in [0.1, 0.15) is 0 Å². The van der Waals surface area contributed by atoms with E-state index in [1.807, 2.05) is 34.6 Å². The predicted molar refractivity (Wildman–Crippen MR) is 66.1 cm³/mol. The van der Waals surface area contributed by atoms with E-state index in [1.54, 1.807) is 0 Å². The summed E-state index contributed by atoms with van der Waals surface area (Å²) in [6.07, 6.45) is 0.569. The highest BCUT2D eigenvalue weighted by molar-refractivity contribution is 5.76. The summed E-state index contributed by atoms with van der Waals surface area (Å²) in [5.41, 5.74) is 5.88. The maximum absolute atomic E-state index is 11.5. The molecule has 0 radical (unpaired) electrons. The van der Waals surface area contributed by atoms with E-state index in [0.717, 1.165) is 0 Å². The number of carbonyl (C=O) groups is 1. The van der Waals surface area contributed by atoms with E-state index in [-0.39, 0.29) is 23.5 Å². The molecule has 1 atom stereocenters. The van der Waals surface area contributed by atoms with Crippen LogP contribution in [0.4, 0.5) is 0 Å². The van der Waals surface area contributed by atoms with Gasteiger partial charge in [0.15, 0.2) is 0 Å². The summed E-state index contributed by atoms with van der Waals surface area (Å²) in [4.78, 5) is 11.5. The average molecular weight is 230 g/mol. The van der Waals surface area contributed by atoms with Gasteiger partial charge < -0.3 is 15.8 Å². The summed E-state index contributed by atoms with van der Waals surface area (Å²) in [7, 11) is 0. The average Bonchev–Trinajstić information content (AvgIpc) is 2.10. The number of amides is 1. The molecule has 16 heavy (non-hydrogen) atoms. The second kappa shape index (κ2) is 6.86. The van der Waals surface area contributed by atoms with Crippen LogP contribution in [0.2, 0.25) is 0 Å². The Morgan fingerprint density at radius 3 is 2.38 bits per heavy atom. The normalized spacial score (nSPS) is 13.9. The fourth-order valence-electron chi connectivity index (χ4n) is 1.06. The molecule has 0 aliphatic heterocycles. The van der Waals surface area contributed by atoms with Crippen LogP contribution >= 0.6 is 0 Å². The van der Waals surface area contributed by atoms with Gasteiger partial charge in [0, 0.05) is 19.0 Å². The number of nitrogens with two attached hydrogens (primary N) is 1. The molecule has 0 aromatic carbocycles. The molecule has 0 aliphatic rings. The molecule has 3 N–H and O–H groups in total. The molecule has 96 valence electrons. The van der Waals surface area contributed by atoms with Crippen LogP contribution in [-0.2, 0) is 9.53 Å². The van der Waals surface area contributed by atoms with E-state index in [1.165, 1.54) is 0 Å². The predicted octanol–water partition coefficient (Wildman–Crippen LogP) is 1.29. The first kappa shape index (κ1) is 15.4. The fourth-order valence-corrected chi connectivity index (χ4v) is 1.06. The molecule has 0 fully saturated rings.